The number of rotatable bonds is 4. The summed E-state index contributed by atoms with van der Waals surface area (Å²) in [6, 6.07) is 2.85. The van der Waals surface area contributed by atoms with Crippen LogP contribution >= 0.6 is 0 Å². The Hall–Kier alpha value is -1.82. The Kier molecular flexibility index (Phi) is 3.48. The quantitative estimate of drug-likeness (QED) is 0.802. The van der Waals surface area contributed by atoms with E-state index in [1.54, 1.807) is 6.07 Å². The highest BCUT2D eigenvalue weighted by molar-refractivity contribution is 5.95. The first-order valence-electron chi connectivity index (χ1n) is 7.02. The summed E-state index contributed by atoms with van der Waals surface area (Å²) in [5.41, 5.74) is 6.45. The number of anilines is 2. The summed E-state index contributed by atoms with van der Waals surface area (Å²) in [6.07, 6.45) is 5.27. The maximum Gasteiger partial charge on any atom is 0.340 e. The average molecular weight is 276 g/mol. The number of likely N-dealkylation sites (tertiary alicyclic amines) is 1. The van der Waals surface area contributed by atoms with Gasteiger partial charge in [0.2, 0.25) is 0 Å². The molecule has 1 aromatic heterocycles. The van der Waals surface area contributed by atoms with E-state index in [0.717, 1.165) is 25.6 Å². The molecule has 2 heterocycles. The van der Waals surface area contributed by atoms with Crippen LogP contribution in [0.2, 0.25) is 0 Å². The third kappa shape index (κ3) is 2.70. The van der Waals surface area contributed by atoms with Crippen molar-refractivity contribution in [3.05, 3.63) is 17.8 Å². The van der Waals surface area contributed by atoms with Crippen molar-refractivity contribution in [2.24, 2.45) is 0 Å². The minimum Gasteiger partial charge on any atom is -0.465 e. The summed E-state index contributed by atoms with van der Waals surface area (Å²) < 4.78 is 4.72. The standard InChI is InChI=1S/C14H20N4O2/c1-20-14(19)11-6-13(16-7-12(11)15)17-9-4-5-18(8-9)10-2-3-10/h6-7,9-10H,2-5,8,15H2,1H3,(H,16,17). The summed E-state index contributed by atoms with van der Waals surface area (Å²) in [7, 11) is 1.35. The first-order valence-corrected chi connectivity index (χ1v) is 7.02. The van der Waals surface area contributed by atoms with Crippen molar-refractivity contribution in [1.29, 1.82) is 0 Å². The molecule has 108 valence electrons. The van der Waals surface area contributed by atoms with E-state index in [0.29, 0.717) is 23.1 Å². The molecule has 1 aliphatic heterocycles. The van der Waals surface area contributed by atoms with Crippen molar-refractivity contribution >= 4 is 17.5 Å². The third-order valence-corrected chi connectivity index (χ3v) is 3.98. The second-order valence-electron chi connectivity index (χ2n) is 5.50. The van der Waals surface area contributed by atoms with Gasteiger partial charge in [-0.15, -0.1) is 0 Å². The van der Waals surface area contributed by atoms with Gasteiger partial charge in [0.25, 0.3) is 0 Å². The van der Waals surface area contributed by atoms with Gasteiger partial charge in [-0.3, -0.25) is 4.90 Å². The van der Waals surface area contributed by atoms with E-state index >= 15 is 0 Å². The van der Waals surface area contributed by atoms with E-state index < -0.39 is 5.97 Å². The van der Waals surface area contributed by atoms with Gasteiger partial charge in [0.15, 0.2) is 0 Å². The van der Waals surface area contributed by atoms with E-state index in [2.05, 4.69) is 15.2 Å². The predicted molar refractivity (Wildman–Crippen MR) is 76.6 cm³/mol. The van der Waals surface area contributed by atoms with Gasteiger partial charge < -0.3 is 15.8 Å². The molecule has 1 unspecified atom stereocenters. The largest absolute Gasteiger partial charge is 0.465 e. The van der Waals surface area contributed by atoms with Crippen molar-refractivity contribution in [2.75, 3.05) is 31.2 Å². The van der Waals surface area contributed by atoms with Crippen LogP contribution in [-0.4, -0.2) is 48.1 Å². The molecule has 1 aromatic rings. The number of ether oxygens (including phenoxy) is 1. The number of nitrogen functional groups attached to an aromatic ring is 1. The molecule has 20 heavy (non-hydrogen) atoms. The number of hydrogen-bond acceptors (Lipinski definition) is 6. The van der Waals surface area contributed by atoms with Crippen LogP contribution < -0.4 is 11.1 Å². The monoisotopic (exact) mass is 276 g/mol. The van der Waals surface area contributed by atoms with Gasteiger partial charge in [0.1, 0.15) is 5.82 Å². The topological polar surface area (TPSA) is 80.5 Å². The van der Waals surface area contributed by atoms with E-state index in [9.17, 15) is 4.79 Å². The van der Waals surface area contributed by atoms with Gasteiger partial charge in [0, 0.05) is 25.2 Å². The van der Waals surface area contributed by atoms with Crippen LogP contribution in [0.3, 0.4) is 0 Å². The van der Waals surface area contributed by atoms with Crippen LogP contribution in [0.15, 0.2) is 12.3 Å². The number of hydrogen-bond donors (Lipinski definition) is 2. The zero-order chi connectivity index (χ0) is 14.1. The lowest BCUT2D eigenvalue weighted by Gasteiger charge is -2.16. The first kappa shape index (κ1) is 13.2. The molecular weight excluding hydrogens is 256 g/mol. The molecule has 0 amide bonds. The number of pyridine rings is 1. The number of carbonyl (C=O) groups is 1. The van der Waals surface area contributed by atoms with Gasteiger partial charge in [-0.1, -0.05) is 0 Å². The molecular formula is C14H20N4O2. The summed E-state index contributed by atoms with van der Waals surface area (Å²) in [5, 5.41) is 3.38. The zero-order valence-electron chi connectivity index (χ0n) is 11.6. The Morgan fingerprint density at radius 2 is 2.30 bits per heavy atom. The normalized spacial score (nSPS) is 22.8. The molecule has 0 aromatic carbocycles. The lowest BCUT2D eigenvalue weighted by atomic mass is 10.2. The molecule has 0 radical (unpaired) electrons. The average Bonchev–Trinajstić information content (AvgIpc) is 3.21. The van der Waals surface area contributed by atoms with Gasteiger partial charge in [-0.2, -0.15) is 0 Å². The van der Waals surface area contributed by atoms with Crippen molar-refractivity contribution in [3.63, 3.8) is 0 Å². The fourth-order valence-corrected chi connectivity index (χ4v) is 2.72. The molecule has 6 heteroatoms. The molecule has 1 saturated heterocycles. The molecule has 3 N–H and O–H groups in total. The van der Waals surface area contributed by atoms with E-state index in [4.69, 9.17) is 10.5 Å². The van der Waals surface area contributed by atoms with E-state index in [1.807, 2.05) is 0 Å². The van der Waals surface area contributed by atoms with Gasteiger partial charge in [-0.05, 0) is 25.3 Å². The number of nitrogens with zero attached hydrogens (tertiary/aromatic N) is 2. The van der Waals surface area contributed by atoms with Crippen LogP contribution in [0, 0.1) is 0 Å². The maximum absolute atomic E-state index is 11.6. The van der Waals surface area contributed by atoms with Crippen molar-refractivity contribution < 1.29 is 9.53 Å². The first-order chi connectivity index (χ1) is 9.67. The minimum absolute atomic E-state index is 0.341. The number of methoxy groups -OCH3 is 1. The Bertz CT molecular complexity index is 516. The van der Waals surface area contributed by atoms with Crippen LogP contribution in [0.5, 0.6) is 0 Å². The lowest BCUT2D eigenvalue weighted by molar-refractivity contribution is 0.0602. The number of nitrogens with one attached hydrogen (secondary N) is 1. The Morgan fingerprint density at radius 1 is 1.50 bits per heavy atom. The van der Waals surface area contributed by atoms with Crippen molar-refractivity contribution in [1.82, 2.24) is 9.88 Å². The molecule has 1 aliphatic carbocycles. The molecule has 1 atom stereocenters. The fourth-order valence-electron chi connectivity index (χ4n) is 2.72. The van der Waals surface area contributed by atoms with Crippen LogP contribution in [-0.2, 0) is 4.74 Å². The molecule has 2 aliphatic rings. The fraction of sp³-hybridized carbons (Fsp3) is 0.571. The molecule has 0 spiro atoms. The van der Waals surface area contributed by atoms with Crippen molar-refractivity contribution in [3.8, 4) is 0 Å². The summed E-state index contributed by atoms with van der Waals surface area (Å²) >= 11 is 0. The number of nitrogens with two attached hydrogens (primary N) is 1. The van der Waals surface area contributed by atoms with Crippen molar-refractivity contribution in [2.45, 2.75) is 31.3 Å². The highest BCUT2D eigenvalue weighted by Gasteiger charge is 2.34. The second kappa shape index (κ2) is 5.28. The van der Waals surface area contributed by atoms with Gasteiger partial charge >= 0.3 is 5.97 Å². The van der Waals surface area contributed by atoms with E-state index in [1.165, 1.54) is 26.1 Å². The highest BCUT2D eigenvalue weighted by atomic mass is 16.5. The lowest BCUT2D eigenvalue weighted by Crippen LogP contribution is -2.28. The van der Waals surface area contributed by atoms with Crippen LogP contribution in [0.4, 0.5) is 11.5 Å². The predicted octanol–water partition coefficient (Wildman–Crippen LogP) is 1.10. The molecule has 3 rings (SSSR count). The number of carbonyl (C=O) groups excluding carboxylic acids is 1. The molecule has 6 nitrogen and oxygen atoms in total. The molecule has 0 bridgehead atoms. The van der Waals surface area contributed by atoms with E-state index in [-0.39, 0.29) is 0 Å². The van der Waals surface area contributed by atoms with Crippen LogP contribution in [0.1, 0.15) is 29.6 Å². The van der Waals surface area contributed by atoms with Crippen LogP contribution in [0.25, 0.3) is 0 Å². The summed E-state index contributed by atoms with van der Waals surface area (Å²) in [5.74, 6) is 0.251. The SMILES string of the molecule is COC(=O)c1cc(NC2CCN(C3CC3)C2)ncc1N. The number of esters is 1. The number of aromatic nitrogens is 1. The Balaban J connectivity index is 1.66. The third-order valence-electron chi connectivity index (χ3n) is 3.98. The van der Waals surface area contributed by atoms with Gasteiger partial charge in [-0.25, -0.2) is 9.78 Å². The Morgan fingerprint density at radius 3 is 3.00 bits per heavy atom. The highest BCUT2D eigenvalue weighted by Crippen LogP contribution is 2.30. The second-order valence-corrected chi connectivity index (χ2v) is 5.50. The Labute approximate surface area is 118 Å². The summed E-state index contributed by atoms with van der Waals surface area (Å²) in [4.78, 5) is 18.4. The minimum atomic E-state index is -0.432. The molecule has 2 fully saturated rings. The maximum atomic E-state index is 11.6. The zero-order valence-corrected chi connectivity index (χ0v) is 11.6. The van der Waals surface area contributed by atoms with Gasteiger partial charge in [0.05, 0.1) is 24.6 Å². The molecule has 1 saturated carbocycles. The summed E-state index contributed by atoms with van der Waals surface area (Å²) in [6.45, 7) is 2.19. The smallest absolute Gasteiger partial charge is 0.340 e.